The van der Waals surface area contributed by atoms with Gasteiger partial charge in [0.2, 0.25) is 0 Å². The molecule has 0 aromatic carbocycles. The van der Waals surface area contributed by atoms with Gasteiger partial charge in [-0.2, -0.15) is 0 Å². The van der Waals surface area contributed by atoms with E-state index in [9.17, 15) is 4.79 Å². The minimum Gasteiger partial charge on any atom is -0.336 e. The molecular weight excluding hydrogens is 210 g/mol. The molecule has 1 aromatic heterocycles. The molecule has 2 rings (SSSR count). The second-order valence-corrected chi connectivity index (χ2v) is 4.71. The molecule has 1 saturated heterocycles. The van der Waals surface area contributed by atoms with Gasteiger partial charge < -0.3 is 9.80 Å². The molecule has 0 N–H and O–H groups in total. The molecule has 1 aromatic rings. The third-order valence-electron chi connectivity index (χ3n) is 2.89. The standard InChI is InChI=1S/C10H15N3OS/c1-12-4-3-8(5-12)13(2)10(14)9-6-15-7-11-9/h6-8H,3-5H2,1-2H3. The first kappa shape index (κ1) is 10.6. The number of rotatable bonds is 2. The molecule has 15 heavy (non-hydrogen) atoms. The van der Waals surface area contributed by atoms with Crippen molar-refractivity contribution < 1.29 is 4.79 Å². The van der Waals surface area contributed by atoms with Gasteiger partial charge >= 0.3 is 0 Å². The predicted octanol–water partition coefficient (Wildman–Crippen LogP) is 0.919. The quantitative estimate of drug-likeness (QED) is 0.751. The molecule has 1 aliphatic heterocycles. The molecule has 0 spiro atoms. The summed E-state index contributed by atoms with van der Waals surface area (Å²) in [6, 6.07) is 0.337. The average molecular weight is 225 g/mol. The van der Waals surface area contributed by atoms with Gasteiger partial charge in [0.15, 0.2) is 0 Å². The summed E-state index contributed by atoms with van der Waals surface area (Å²) in [6.07, 6.45) is 1.06. The van der Waals surface area contributed by atoms with Gasteiger partial charge in [0.05, 0.1) is 5.51 Å². The number of likely N-dealkylation sites (N-methyl/N-ethyl adjacent to an activating group) is 2. The van der Waals surface area contributed by atoms with Crippen molar-refractivity contribution in [2.45, 2.75) is 12.5 Å². The maximum absolute atomic E-state index is 12.0. The van der Waals surface area contributed by atoms with Crippen molar-refractivity contribution in [1.29, 1.82) is 0 Å². The van der Waals surface area contributed by atoms with Crippen LogP contribution in [0.5, 0.6) is 0 Å². The van der Waals surface area contributed by atoms with Gasteiger partial charge in [-0.15, -0.1) is 11.3 Å². The molecule has 1 aliphatic rings. The number of amides is 1. The number of likely N-dealkylation sites (tertiary alicyclic amines) is 1. The van der Waals surface area contributed by atoms with Gasteiger partial charge in [0.1, 0.15) is 5.69 Å². The minimum atomic E-state index is 0.0385. The van der Waals surface area contributed by atoms with Crippen LogP contribution in [0.15, 0.2) is 10.9 Å². The van der Waals surface area contributed by atoms with E-state index in [-0.39, 0.29) is 5.91 Å². The Labute approximate surface area is 93.5 Å². The topological polar surface area (TPSA) is 36.4 Å². The summed E-state index contributed by atoms with van der Waals surface area (Å²) < 4.78 is 0. The number of carbonyl (C=O) groups is 1. The lowest BCUT2D eigenvalue weighted by Gasteiger charge is -2.23. The van der Waals surface area contributed by atoms with E-state index in [1.807, 2.05) is 11.9 Å². The first-order valence-corrected chi connectivity index (χ1v) is 5.96. The van der Waals surface area contributed by atoms with Gasteiger partial charge in [0, 0.05) is 25.0 Å². The Hall–Kier alpha value is -0.940. The van der Waals surface area contributed by atoms with Crippen LogP contribution < -0.4 is 0 Å². The second kappa shape index (κ2) is 4.28. The fourth-order valence-electron chi connectivity index (χ4n) is 1.89. The average Bonchev–Trinajstić information content (AvgIpc) is 2.85. The van der Waals surface area contributed by atoms with Crippen molar-refractivity contribution in [2.75, 3.05) is 27.2 Å². The van der Waals surface area contributed by atoms with E-state index in [0.29, 0.717) is 11.7 Å². The summed E-state index contributed by atoms with van der Waals surface area (Å²) in [4.78, 5) is 20.1. The smallest absolute Gasteiger partial charge is 0.273 e. The molecule has 0 radical (unpaired) electrons. The third kappa shape index (κ3) is 2.18. The van der Waals surface area contributed by atoms with E-state index < -0.39 is 0 Å². The van der Waals surface area contributed by atoms with Gasteiger partial charge in [0.25, 0.3) is 5.91 Å². The van der Waals surface area contributed by atoms with Crippen LogP contribution in [0.3, 0.4) is 0 Å². The van der Waals surface area contributed by atoms with E-state index >= 15 is 0 Å². The molecule has 4 nitrogen and oxygen atoms in total. The second-order valence-electron chi connectivity index (χ2n) is 3.99. The lowest BCUT2D eigenvalue weighted by Crippen LogP contribution is -2.38. The number of thiazole rings is 1. The summed E-state index contributed by atoms with van der Waals surface area (Å²) >= 11 is 1.46. The molecule has 5 heteroatoms. The number of aromatic nitrogens is 1. The highest BCUT2D eigenvalue weighted by molar-refractivity contribution is 7.07. The van der Waals surface area contributed by atoms with E-state index in [2.05, 4.69) is 16.9 Å². The Kier molecular flexibility index (Phi) is 3.02. The maximum atomic E-state index is 12.0. The molecule has 0 saturated carbocycles. The van der Waals surface area contributed by atoms with Crippen molar-refractivity contribution in [1.82, 2.24) is 14.8 Å². The zero-order chi connectivity index (χ0) is 10.8. The molecule has 0 bridgehead atoms. The van der Waals surface area contributed by atoms with Crippen molar-refractivity contribution in [2.24, 2.45) is 0 Å². The third-order valence-corrected chi connectivity index (χ3v) is 3.47. The summed E-state index contributed by atoms with van der Waals surface area (Å²) in [5, 5.41) is 1.80. The number of hydrogen-bond acceptors (Lipinski definition) is 4. The molecule has 0 aliphatic carbocycles. The fourth-order valence-corrected chi connectivity index (χ4v) is 2.42. The SMILES string of the molecule is CN1CCC(N(C)C(=O)c2cscn2)C1. The van der Waals surface area contributed by atoms with Crippen LogP contribution >= 0.6 is 11.3 Å². The van der Waals surface area contributed by atoms with Crippen LogP contribution in [-0.2, 0) is 0 Å². The lowest BCUT2D eigenvalue weighted by molar-refractivity contribution is 0.0732. The largest absolute Gasteiger partial charge is 0.336 e. The first-order chi connectivity index (χ1) is 7.18. The van der Waals surface area contributed by atoms with Crippen LogP contribution in [-0.4, -0.2) is 53.9 Å². The molecule has 1 fully saturated rings. The number of hydrogen-bond donors (Lipinski definition) is 0. The Balaban J connectivity index is 2.02. The lowest BCUT2D eigenvalue weighted by atomic mass is 10.2. The Bertz CT molecular complexity index is 338. The predicted molar refractivity (Wildman–Crippen MR) is 60.1 cm³/mol. The van der Waals surface area contributed by atoms with Gasteiger partial charge in [-0.25, -0.2) is 4.98 Å². The van der Waals surface area contributed by atoms with Gasteiger partial charge in [-0.05, 0) is 20.0 Å². The van der Waals surface area contributed by atoms with Crippen molar-refractivity contribution in [3.05, 3.63) is 16.6 Å². The Morgan fingerprint density at radius 1 is 1.73 bits per heavy atom. The highest BCUT2D eigenvalue weighted by Gasteiger charge is 2.27. The van der Waals surface area contributed by atoms with Crippen LogP contribution in [0.25, 0.3) is 0 Å². The van der Waals surface area contributed by atoms with Crippen LogP contribution in [0.2, 0.25) is 0 Å². The molecule has 82 valence electrons. The number of carbonyl (C=O) groups excluding carboxylic acids is 1. The van der Waals surface area contributed by atoms with E-state index in [0.717, 1.165) is 19.5 Å². The highest BCUT2D eigenvalue weighted by atomic mass is 32.1. The van der Waals surface area contributed by atoms with Gasteiger partial charge in [-0.1, -0.05) is 0 Å². The van der Waals surface area contributed by atoms with Crippen LogP contribution in [0.1, 0.15) is 16.9 Å². The van der Waals surface area contributed by atoms with Crippen LogP contribution in [0.4, 0.5) is 0 Å². The van der Waals surface area contributed by atoms with Crippen molar-refractivity contribution in [3.8, 4) is 0 Å². The molecule has 1 atom stereocenters. The Morgan fingerprint density at radius 2 is 2.53 bits per heavy atom. The number of nitrogens with zero attached hydrogens (tertiary/aromatic N) is 3. The summed E-state index contributed by atoms with van der Waals surface area (Å²) in [5.74, 6) is 0.0385. The summed E-state index contributed by atoms with van der Waals surface area (Å²) in [6.45, 7) is 2.03. The van der Waals surface area contributed by atoms with Crippen molar-refractivity contribution >= 4 is 17.2 Å². The molecule has 1 amide bonds. The Morgan fingerprint density at radius 3 is 3.07 bits per heavy atom. The zero-order valence-corrected chi connectivity index (χ0v) is 9.83. The maximum Gasteiger partial charge on any atom is 0.273 e. The van der Waals surface area contributed by atoms with E-state index in [4.69, 9.17) is 0 Å². The molecule has 2 heterocycles. The monoisotopic (exact) mass is 225 g/mol. The first-order valence-electron chi connectivity index (χ1n) is 5.02. The normalized spacial score (nSPS) is 21.9. The summed E-state index contributed by atoms with van der Waals surface area (Å²) in [5.41, 5.74) is 2.26. The molecule has 1 unspecified atom stereocenters. The zero-order valence-electron chi connectivity index (χ0n) is 9.01. The van der Waals surface area contributed by atoms with E-state index in [1.165, 1.54) is 11.3 Å². The summed E-state index contributed by atoms with van der Waals surface area (Å²) in [7, 11) is 3.95. The van der Waals surface area contributed by atoms with Gasteiger partial charge in [-0.3, -0.25) is 4.79 Å². The van der Waals surface area contributed by atoms with E-state index in [1.54, 1.807) is 10.9 Å². The fraction of sp³-hybridized carbons (Fsp3) is 0.600. The molecular formula is C10H15N3OS. The highest BCUT2D eigenvalue weighted by Crippen LogP contribution is 2.15. The van der Waals surface area contributed by atoms with Crippen molar-refractivity contribution in [3.63, 3.8) is 0 Å². The minimum absolute atomic E-state index is 0.0385. The van der Waals surface area contributed by atoms with Crippen LogP contribution in [0, 0.1) is 0 Å².